The van der Waals surface area contributed by atoms with Crippen molar-refractivity contribution in [2.24, 2.45) is 5.84 Å². The van der Waals surface area contributed by atoms with Gasteiger partial charge in [-0.05, 0) is 19.3 Å². The van der Waals surface area contributed by atoms with Crippen molar-refractivity contribution in [2.45, 2.75) is 45.1 Å². The summed E-state index contributed by atoms with van der Waals surface area (Å²) in [5, 5.41) is 11.0. The van der Waals surface area contributed by atoms with Crippen molar-refractivity contribution in [3.05, 3.63) is 22.2 Å². The van der Waals surface area contributed by atoms with E-state index < -0.39 is 4.92 Å². The number of hydrogen-bond acceptors (Lipinski definition) is 6. The zero-order valence-corrected chi connectivity index (χ0v) is 11.7. The molecule has 1 atom stereocenters. The molecule has 3 N–H and O–H groups in total. The molecule has 7 nitrogen and oxygen atoms in total. The molecular weight excluding hydrogens is 258 g/mol. The fourth-order valence-electron chi connectivity index (χ4n) is 2.73. The van der Waals surface area contributed by atoms with Crippen molar-refractivity contribution in [2.75, 3.05) is 16.9 Å². The van der Waals surface area contributed by atoms with E-state index in [4.69, 9.17) is 5.84 Å². The van der Waals surface area contributed by atoms with Crippen molar-refractivity contribution >= 4 is 17.3 Å². The van der Waals surface area contributed by atoms with E-state index in [0.29, 0.717) is 17.7 Å². The molecule has 0 saturated carbocycles. The van der Waals surface area contributed by atoms with Crippen molar-refractivity contribution in [3.8, 4) is 0 Å². The van der Waals surface area contributed by atoms with Gasteiger partial charge in [-0.3, -0.25) is 10.1 Å². The third kappa shape index (κ3) is 3.16. The van der Waals surface area contributed by atoms with Crippen LogP contribution in [0.3, 0.4) is 0 Å². The molecule has 0 radical (unpaired) electrons. The Hall–Kier alpha value is -1.89. The van der Waals surface area contributed by atoms with Crippen LogP contribution >= 0.6 is 0 Å². The molecule has 0 bridgehead atoms. The van der Waals surface area contributed by atoms with E-state index in [1.807, 2.05) is 0 Å². The lowest BCUT2D eigenvalue weighted by Crippen LogP contribution is -2.35. The highest BCUT2D eigenvalue weighted by Crippen LogP contribution is 2.28. The second-order valence-electron chi connectivity index (χ2n) is 5.08. The number of aromatic nitrogens is 1. The van der Waals surface area contributed by atoms with Crippen molar-refractivity contribution in [3.63, 3.8) is 0 Å². The maximum atomic E-state index is 11.0. The molecule has 0 spiro atoms. The third-order valence-corrected chi connectivity index (χ3v) is 3.80. The van der Waals surface area contributed by atoms with Gasteiger partial charge in [0.2, 0.25) is 0 Å². The Kier molecular flexibility index (Phi) is 4.73. The Morgan fingerprint density at radius 1 is 1.50 bits per heavy atom. The first-order valence-corrected chi connectivity index (χ1v) is 7.05. The standard InChI is InChI=1S/C13H21N5O2/c1-2-10-6-4-3-5-7-17(10)13-9-11(18(19)20)8-12(15-13)16-14/h8-10H,2-7,14H2,1H3,(H,15,16). The molecule has 1 fully saturated rings. The van der Waals surface area contributed by atoms with Crippen LogP contribution in [0.4, 0.5) is 17.3 Å². The molecular formula is C13H21N5O2. The number of rotatable bonds is 4. The first kappa shape index (κ1) is 14.5. The second kappa shape index (κ2) is 6.51. The van der Waals surface area contributed by atoms with Gasteiger partial charge in [0, 0.05) is 12.6 Å². The smallest absolute Gasteiger partial charge is 0.276 e. The SMILES string of the molecule is CCC1CCCCCN1c1cc([N+](=O)[O-])cc(NN)n1. The summed E-state index contributed by atoms with van der Waals surface area (Å²) in [7, 11) is 0. The molecule has 1 aliphatic rings. The predicted octanol–water partition coefficient (Wildman–Crippen LogP) is 2.43. The predicted molar refractivity (Wildman–Crippen MR) is 78.6 cm³/mol. The van der Waals surface area contributed by atoms with Crippen LogP contribution in [0.15, 0.2) is 12.1 Å². The van der Waals surface area contributed by atoms with Gasteiger partial charge >= 0.3 is 0 Å². The van der Waals surface area contributed by atoms with Crippen molar-refractivity contribution in [1.82, 2.24) is 4.98 Å². The highest BCUT2D eigenvalue weighted by atomic mass is 16.6. The zero-order chi connectivity index (χ0) is 14.5. The van der Waals surface area contributed by atoms with Crippen molar-refractivity contribution in [1.29, 1.82) is 0 Å². The fraction of sp³-hybridized carbons (Fsp3) is 0.615. The molecule has 1 aromatic rings. The number of nitro groups is 1. The van der Waals surface area contributed by atoms with E-state index in [1.165, 1.54) is 25.0 Å². The van der Waals surface area contributed by atoms with Crippen LogP contribution in [0.5, 0.6) is 0 Å². The largest absolute Gasteiger partial charge is 0.353 e. The van der Waals surface area contributed by atoms with Gasteiger partial charge in [-0.2, -0.15) is 0 Å². The monoisotopic (exact) mass is 279 g/mol. The molecule has 0 aliphatic carbocycles. The van der Waals surface area contributed by atoms with Gasteiger partial charge in [0.15, 0.2) is 0 Å². The lowest BCUT2D eigenvalue weighted by Gasteiger charge is -2.30. The maximum Gasteiger partial charge on any atom is 0.276 e. The number of nitrogens with one attached hydrogen (secondary N) is 1. The Morgan fingerprint density at radius 2 is 2.30 bits per heavy atom. The quantitative estimate of drug-likeness (QED) is 0.499. The molecule has 110 valence electrons. The minimum atomic E-state index is -0.412. The van der Waals surface area contributed by atoms with Crippen LogP contribution in [0.2, 0.25) is 0 Å². The number of nitrogens with zero attached hydrogens (tertiary/aromatic N) is 3. The lowest BCUT2D eigenvalue weighted by atomic mass is 10.1. The fourth-order valence-corrected chi connectivity index (χ4v) is 2.73. The summed E-state index contributed by atoms with van der Waals surface area (Å²) in [5.41, 5.74) is 2.42. The number of nitrogen functional groups attached to an aromatic ring is 1. The van der Waals surface area contributed by atoms with E-state index in [2.05, 4.69) is 22.2 Å². The van der Waals surface area contributed by atoms with Crippen LogP contribution < -0.4 is 16.2 Å². The highest BCUT2D eigenvalue weighted by Gasteiger charge is 2.23. The van der Waals surface area contributed by atoms with Gasteiger partial charge in [0.25, 0.3) is 5.69 Å². The topological polar surface area (TPSA) is 97.3 Å². The summed E-state index contributed by atoms with van der Waals surface area (Å²) < 4.78 is 0. The van der Waals surface area contributed by atoms with Crippen LogP contribution in [0.1, 0.15) is 39.0 Å². The highest BCUT2D eigenvalue weighted by molar-refractivity contribution is 5.56. The minimum Gasteiger partial charge on any atom is -0.353 e. The average molecular weight is 279 g/mol. The lowest BCUT2D eigenvalue weighted by molar-refractivity contribution is -0.384. The third-order valence-electron chi connectivity index (χ3n) is 3.80. The van der Waals surface area contributed by atoms with Gasteiger partial charge < -0.3 is 10.3 Å². The normalized spacial score (nSPS) is 19.5. The zero-order valence-electron chi connectivity index (χ0n) is 11.7. The maximum absolute atomic E-state index is 11.0. The second-order valence-corrected chi connectivity index (χ2v) is 5.08. The van der Waals surface area contributed by atoms with Gasteiger partial charge in [-0.15, -0.1) is 0 Å². The number of anilines is 2. The molecule has 2 heterocycles. The van der Waals surface area contributed by atoms with E-state index in [1.54, 1.807) is 0 Å². The number of nitrogens with two attached hydrogens (primary N) is 1. The summed E-state index contributed by atoms with van der Waals surface area (Å²) in [5.74, 6) is 6.33. The summed E-state index contributed by atoms with van der Waals surface area (Å²) in [4.78, 5) is 17.2. The van der Waals surface area contributed by atoms with Crippen molar-refractivity contribution < 1.29 is 4.92 Å². The molecule has 1 saturated heterocycles. The first-order chi connectivity index (χ1) is 9.65. The Bertz CT molecular complexity index is 480. The molecule has 7 heteroatoms. The van der Waals surface area contributed by atoms with Crippen LogP contribution in [-0.2, 0) is 0 Å². The van der Waals surface area contributed by atoms with Gasteiger partial charge in [0.05, 0.1) is 17.1 Å². The van der Waals surface area contributed by atoms with Crippen LogP contribution in [0, 0.1) is 10.1 Å². The molecule has 2 rings (SSSR count). The van der Waals surface area contributed by atoms with Crippen LogP contribution in [-0.4, -0.2) is 22.5 Å². The number of pyridine rings is 1. The molecule has 0 aromatic carbocycles. The van der Waals surface area contributed by atoms with E-state index in [9.17, 15) is 10.1 Å². The minimum absolute atomic E-state index is 0.0158. The van der Waals surface area contributed by atoms with E-state index in [0.717, 1.165) is 25.8 Å². The van der Waals surface area contributed by atoms with Gasteiger partial charge in [0.1, 0.15) is 11.6 Å². The first-order valence-electron chi connectivity index (χ1n) is 7.05. The molecule has 1 aliphatic heterocycles. The summed E-state index contributed by atoms with van der Waals surface area (Å²) >= 11 is 0. The van der Waals surface area contributed by atoms with Gasteiger partial charge in [-0.25, -0.2) is 10.8 Å². The Morgan fingerprint density at radius 3 is 2.95 bits per heavy atom. The average Bonchev–Trinajstić information content (AvgIpc) is 2.71. The van der Waals surface area contributed by atoms with Gasteiger partial charge in [-0.1, -0.05) is 19.8 Å². The summed E-state index contributed by atoms with van der Waals surface area (Å²) in [6.45, 7) is 3.03. The van der Waals surface area contributed by atoms with Crippen LogP contribution in [0.25, 0.3) is 0 Å². The number of hydrogen-bond donors (Lipinski definition) is 2. The molecule has 20 heavy (non-hydrogen) atoms. The van der Waals surface area contributed by atoms with E-state index in [-0.39, 0.29) is 5.69 Å². The van der Waals surface area contributed by atoms with E-state index >= 15 is 0 Å². The Balaban J connectivity index is 2.37. The molecule has 1 aromatic heterocycles. The summed E-state index contributed by atoms with van der Waals surface area (Å²) in [6.07, 6.45) is 5.60. The summed E-state index contributed by atoms with van der Waals surface area (Å²) in [6, 6.07) is 3.27. The number of hydrazine groups is 1. The Labute approximate surface area is 118 Å². The molecule has 1 unspecified atom stereocenters. The molecule has 0 amide bonds.